The monoisotopic (exact) mass is 315 g/mol. The normalized spacial score (nSPS) is 22.0. The lowest BCUT2D eigenvalue weighted by molar-refractivity contribution is 0.133. The summed E-state index contributed by atoms with van der Waals surface area (Å²) in [6.07, 6.45) is 8.97. The lowest BCUT2D eigenvalue weighted by Gasteiger charge is -2.38. The Kier molecular flexibility index (Phi) is 5.58. The van der Waals surface area contributed by atoms with Gasteiger partial charge in [-0.05, 0) is 89.4 Å². The Hall–Kier alpha value is -1.09. The molecule has 2 aliphatic rings. The minimum Gasteiger partial charge on any atom is -0.357 e. The average Bonchev–Trinajstić information content (AvgIpc) is 2.57. The van der Waals surface area contributed by atoms with Gasteiger partial charge in [0.05, 0.1) is 0 Å². The van der Waals surface area contributed by atoms with Crippen LogP contribution in [-0.4, -0.2) is 42.1 Å². The second kappa shape index (κ2) is 7.65. The van der Waals surface area contributed by atoms with Gasteiger partial charge in [-0.2, -0.15) is 0 Å². The first kappa shape index (κ1) is 16.8. The predicted molar refractivity (Wildman–Crippen MR) is 98.0 cm³/mol. The third-order valence-electron chi connectivity index (χ3n) is 5.88. The van der Waals surface area contributed by atoms with E-state index in [-0.39, 0.29) is 0 Å². The lowest BCUT2D eigenvalue weighted by atomic mass is 9.82. The van der Waals surface area contributed by atoms with Gasteiger partial charge in [-0.25, -0.2) is 4.98 Å². The molecule has 2 aliphatic heterocycles. The number of nitrogens with zero attached hydrogens (tertiary/aromatic N) is 3. The van der Waals surface area contributed by atoms with Crippen molar-refractivity contribution >= 4 is 5.82 Å². The molecular weight excluding hydrogens is 282 g/mol. The van der Waals surface area contributed by atoms with Gasteiger partial charge >= 0.3 is 0 Å². The topological polar surface area (TPSA) is 19.4 Å². The number of hydrogen-bond donors (Lipinski definition) is 0. The summed E-state index contributed by atoms with van der Waals surface area (Å²) in [5.74, 6) is 3.07. The fourth-order valence-corrected chi connectivity index (χ4v) is 4.22. The SMILES string of the molecule is Cc1ccc(N2CCC(CC3CCN(C(C)C)CC3)CC2)nc1. The van der Waals surface area contributed by atoms with E-state index in [9.17, 15) is 0 Å². The van der Waals surface area contributed by atoms with Crippen molar-refractivity contribution in [3.05, 3.63) is 23.9 Å². The quantitative estimate of drug-likeness (QED) is 0.833. The molecule has 3 heteroatoms. The maximum atomic E-state index is 4.59. The predicted octanol–water partition coefficient (Wildman–Crippen LogP) is 4.12. The summed E-state index contributed by atoms with van der Waals surface area (Å²) in [4.78, 5) is 9.70. The lowest BCUT2D eigenvalue weighted by Crippen LogP contribution is -2.40. The number of aryl methyl sites for hydroxylation is 1. The Balaban J connectivity index is 1.42. The van der Waals surface area contributed by atoms with Gasteiger partial charge in [0.25, 0.3) is 0 Å². The molecule has 0 amide bonds. The molecule has 0 bridgehead atoms. The van der Waals surface area contributed by atoms with E-state index in [2.05, 4.69) is 47.7 Å². The summed E-state index contributed by atoms with van der Waals surface area (Å²) in [6.45, 7) is 11.8. The molecule has 3 nitrogen and oxygen atoms in total. The van der Waals surface area contributed by atoms with E-state index in [1.165, 1.54) is 69.7 Å². The first-order chi connectivity index (χ1) is 11.1. The fourth-order valence-electron chi connectivity index (χ4n) is 4.22. The van der Waals surface area contributed by atoms with Crippen molar-refractivity contribution < 1.29 is 0 Å². The minimum atomic E-state index is 0.723. The van der Waals surface area contributed by atoms with Crippen LogP contribution in [0.4, 0.5) is 5.82 Å². The van der Waals surface area contributed by atoms with Gasteiger partial charge in [0, 0.05) is 25.3 Å². The van der Waals surface area contributed by atoms with Crippen molar-refractivity contribution in [2.75, 3.05) is 31.1 Å². The molecule has 23 heavy (non-hydrogen) atoms. The molecule has 0 radical (unpaired) electrons. The third kappa shape index (κ3) is 4.47. The molecule has 0 N–H and O–H groups in total. The number of likely N-dealkylation sites (tertiary alicyclic amines) is 1. The summed E-state index contributed by atoms with van der Waals surface area (Å²) in [6, 6.07) is 5.08. The van der Waals surface area contributed by atoms with Crippen LogP contribution in [-0.2, 0) is 0 Å². The number of pyridine rings is 1. The van der Waals surface area contributed by atoms with E-state index >= 15 is 0 Å². The van der Waals surface area contributed by atoms with E-state index in [1.807, 2.05) is 6.20 Å². The molecule has 1 aromatic heterocycles. The van der Waals surface area contributed by atoms with Gasteiger partial charge in [0.15, 0.2) is 0 Å². The van der Waals surface area contributed by atoms with Gasteiger partial charge in [0.2, 0.25) is 0 Å². The molecule has 2 fully saturated rings. The van der Waals surface area contributed by atoms with Crippen LogP contribution in [0.1, 0.15) is 51.5 Å². The highest BCUT2D eigenvalue weighted by molar-refractivity contribution is 5.39. The maximum absolute atomic E-state index is 4.59. The summed E-state index contributed by atoms with van der Waals surface area (Å²) < 4.78 is 0. The Bertz CT molecular complexity index is 466. The number of rotatable bonds is 4. The standard InChI is InChI=1S/C20H33N3/c1-16(2)22-10-6-18(7-11-22)14-19-8-12-23(13-9-19)20-5-4-17(3)15-21-20/h4-5,15-16,18-19H,6-14H2,1-3H3. The first-order valence-electron chi connectivity index (χ1n) is 9.53. The zero-order chi connectivity index (χ0) is 16.2. The zero-order valence-corrected chi connectivity index (χ0v) is 15.2. The molecule has 1 aromatic rings. The Morgan fingerprint density at radius 2 is 1.61 bits per heavy atom. The van der Waals surface area contributed by atoms with Crippen molar-refractivity contribution in [3.63, 3.8) is 0 Å². The van der Waals surface area contributed by atoms with Crippen LogP contribution in [0, 0.1) is 18.8 Å². The van der Waals surface area contributed by atoms with Gasteiger partial charge < -0.3 is 9.80 Å². The molecule has 0 unspecified atom stereocenters. The van der Waals surface area contributed by atoms with Gasteiger partial charge in [-0.15, -0.1) is 0 Å². The molecule has 2 saturated heterocycles. The molecule has 3 rings (SSSR count). The molecular formula is C20H33N3. The number of anilines is 1. The summed E-state index contributed by atoms with van der Waals surface area (Å²) in [5, 5.41) is 0. The number of hydrogen-bond acceptors (Lipinski definition) is 3. The maximum Gasteiger partial charge on any atom is 0.128 e. The van der Waals surface area contributed by atoms with Crippen LogP contribution >= 0.6 is 0 Å². The number of aromatic nitrogens is 1. The van der Waals surface area contributed by atoms with Gasteiger partial charge in [-0.1, -0.05) is 6.07 Å². The molecule has 128 valence electrons. The highest BCUT2D eigenvalue weighted by Gasteiger charge is 2.26. The van der Waals surface area contributed by atoms with E-state index < -0.39 is 0 Å². The van der Waals surface area contributed by atoms with E-state index in [0.29, 0.717) is 0 Å². The summed E-state index contributed by atoms with van der Waals surface area (Å²) in [5.41, 5.74) is 1.25. The third-order valence-corrected chi connectivity index (χ3v) is 5.88. The van der Waals surface area contributed by atoms with Crippen LogP contribution in [0.15, 0.2) is 18.3 Å². The molecule has 0 saturated carbocycles. The Labute approximate surface area is 142 Å². The average molecular weight is 316 g/mol. The van der Waals surface area contributed by atoms with Crippen LogP contribution in [0.5, 0.6) is 0 Å². The first-order valence-corrected chi connectivity index (χ1v) is 9.53. The second-order valence-electron chi connectivity index (χ2n) is 7.93. The van der Waals surface area contributed by atoms with Crippen molar-refractivity contribution in [1.82, 2.24) is 9.88 Å². The summed E-state index contributed by atoms with van der Waals surface area (Å²) >= 11 is 0. The van der Waals surface area contributed by atoms with Crippen molar-refractivity contribution in [2.45, 2.75) is 58.9 Å². The van der Waals surface area contributed by atoms with Crippen molar-refractivity contribution in [1.29, 1.82) is 0 Å². The van der Waals surface area contributed by atoms with Crippen LogP contribution in [0.3, 0.4) is 0 Å². The highest BCUT2D eigenvalue weighted by atomic mass is 15.2. The fraction of sp³-hybridized carbons (Fsp3) is 0.750. The molecule has 0 atom stereocenters. The highest BCUT2D eigenvalue weighted by Crippen LogP contribution is 2.31. The minimum absolute atomic E-state index is 0.723. The Morgan fingerprint density at radius 1 is 1.00 bits per heavy atom. The van der Waals surface area contributed by atoms with Crippen molar-refractivity contribution in [2.24, 2.45) is 11.8 Å². The largest absolute Gasteiger partial charge is 0.357 e. The van der Waals surface area contributed by atoms with E-state index in [0.717, 1.165) is 17.9 Å². The molecule has 3 heterocycles. The zero-order valence-electron chi connectivity index (χ0n) is 15.2. The van der Waals surface area contributed by atoms with Gasteiger partial charge in [0.1, 0.15) is 5.82 Å². The summed E-state index contributed by atoms with van der Waals surface area (Å²) in [7, 11) is 0. The van der Waals surface area contributed by atoms with Crippen LogP contribution in [0.2, 0.25) is 0 Å². The molecule has 0 spiro atoms. The molecule has 0 aliphatic carbocycles. The van der Waals surface area contributed by atoms with E-state index in [4.69, 9.17) is 0 Å². The van der Waals surface area contributed by atoms with E-state index in [1.54, 1.807) is 0 Å². The van der Waals surface area contributed by atoms with Crippen LogP contribution < -0.4 is 4.90 Å². The number of piperidine rings is 2. The molecule has 0 aromatic carbocycles. The second-order valence-corrected chi connectivity index (χ2v) is 7.93. The smallest absolute Gasteiger partial charge is 0.128 e. The Morgan fingerprint density at radius 3 is 2.13 bits per heavy atom. The van der Waals surface area contributed by atoms with Gasteiger partial charge in [-0.3, -0.25) is 0 Å². The van der Waals surface area contributed by atoms with Crippen LogP contribution in [0.25, 0.3) is 0 Å². The van der Waals surface area contributed by atoms with Crippen molar-refractivity contribution in [3.8, 4) is 0 Å².